The highest BCUT2D eigenvalue weighted by atomic mass is 32.1. The number of thiazole rings is 1. The van der Waals surface area contributed by atoms with Crippen LogP contribution in [-0.4, -0.2) is 23.4 Å². The second kappa shape index (κ2) is 7.95. The number of benzene rings is 1. The summed E-state index contributed by atoms with van der Waals surface area (Å²) in [5, 5.41) is 2.47. The summed E-state index contributed by atoms with van der Waals surface area (Å²) < 4.78 is 56.4. The second-order valence-electron chi connectivity index (χ2n) is 4.83. The fourth-order valence-corrected chi connectivity index (χ4v) is 2.33. The van der Waals surface area contributed by atoms with Crippen LogP contribution in [-0.2, 0) is 0 Å². The van der Waals surface area contributed by atoms with Crippen molar-refractivity contribution < 1.29 is 27.1 Å². The van der Waals surface area contributed by atoms with Crippen LogP contribution in [0.4, 0.5) is 27.5 Å². The third-order valence-corrected chi connectivity index (χ3v) is 3.54. The van der Waals surface area contributed by atoms with Gasteiger partial charge < -0.3 is 10.5 Å². The lowest BCUT2D eigenvalue weighted by molar-refractivity contribution is -0.0863. The molecule has 0 bridgehead atoms. The summed E-state index contributed by atoms with van der Waals surface area (Å²) in [6.45, 7) is 1.05. The van der Waals surface area contributed by atoms with E-state index >= 15 is 0 Å². The van der Waals surface area contributed by atoms with Crippen LogP contribution >= 0.6 is 11.3 Å². The maximum atomic E-state index is 13.1. The maximum absolute atomic E-state index is 13.1. The van der Waals surface area contributed by atoms with Crippen molar-refractivity contribution in [1.29, 1.82) is 0 Å². The van der Waals surface area contributed by atoms with E-state index in [-0.39, 0.29) is 15.9 Å². The van der Waals surface area contributed by atoms with Gasteiger partial charge in [0.15, 0.2) is 5.13 Å². The van der Waals surface area contributed by atoms with Crippen molar-refractivity contribution in [3.05, 3.63) is 47.5 Å². The first-order valence-corrected chi connectivity index (χ1v) is 7.74. The Hall–Kier alpha value is -2.95. The van der Waals surface area contributed by atoms with Gasteiger partial charge in [-0.25, -0.2) is 19.2 Å². The molecule has 2 aromatic rings. The molecule has 0 aliphatic heterocycles. The second-order valence-corrected chi connectivity index (χ2v) is 5.82. The Labute approximate surface area is 149 Å². The van der Waals surface area contributed by atoms with E-state index < -0.39 is 29.3 Å². The third-order valence-electron chi connectivity index (χ3n) is 2.75. The number of nitrogens with zero attached hydrogens (tertiary/aromatic N) is 2. The topological polar surface area (TPSA) is 89.6 Å². The van der Waals surface area contributed by atoms with E-state index in [0.717, 1.165) is 24.3 Å². The van der Waals surface area contributed by atoms with Crippen molar-refractivity contribution in [1.82, 2.24) is 4.98 Å². The van der Waals surface area contributed by atoms with Crippen LogP contribution in [0.3, 0.4) is 0 Å². The van der Waals surface area contributed by atoms with Gasteiger partial charge in [-0.2, -0.15) is 13.2 Å². The smallest absolute Gasteiger partial charge is 0.419 e. The highest BCUT2D eigenvalue weighted by Crippen LogP contribution is 2.30. The number of nitrogens with two attached hydrogens (primary N) is 1. The number of amides is 2. The van der Waals surface area contributed by atoms with E-state index in [4.69, 9.17) is 10.5 Å². The molecule has 0 aliphatic rings. The van der Waals surface area contributed by atoms with Gasteiger partial charge in [-0.15, -0.1) is 0 Å². The number of allylic oxidation sites excluding steroid dienone is 2. The number of rotatable bonds is 4. The minimum absolute atomic E-state index is 0.0422. The van der Waals surface area contributed by atoms with Gasteiger partial charge in [-0.05, 0) is 19.1 Å². The van der Waals surface area contributed by atoms with Crippen molar-refractivity contribution in [3.8, 4) is 10.8 Å². The van der Waals surface area contributed by atoms with Crippen LogP contribution in [0.25, 0.3) is 0 Å². The highest BCUT2D eigenvalue weighted by molar-refractivity contribution is 7.17. The van der Waals surface area contributed by atoms with Gasteiger partial charge in [-0.3, -0.25) is 5.32 Å². The average Bonchev–Trinajstić information content (AvgIpc) is 2.92. The first-order valence-electron chi connectivity index (χ1n) is 6.93. The van der Waals surface area contributed by atoms with Crippen LogP contribution in [0, 0.1) is 5.82 Å². The lowest BCUT2D eigenvalue weighted by Crippen LogP contribution is -2.19. The van der Waals surface area contributed by atoms with Gasteiger partial charge in [0.1, 0.15) is 11.6 Å². The number of urea groups is 1. The van der Waals surface area contributed by atoms with Crippen LogP contribution in [0.15, 0.2) is 46.7 Å². The molecule has 26 heavy (non-hydrogen) atoms. The maximum Gasteiger partial charge on any atom is 0.419 e. The summed E-state index contributed by atoms with van der Waals surface area (Å²) >= 11 is 0.887. The van der Waals surface area contributed by atoms with E-state index in [2.05, 4.69) is 15.3 Å². The molecule has 0 radical (unpaired) electrons. The zero-order chi connectivity index (χ0) is 19.3. The minimum atomic E-state index is -4.73. The number of carbonyl (C=O) groups excluding carboxylic acids is 1. The van der Waals surface area contributed by atoms with Gasteiger partial charge in [0.2, 0.25) is 5.06 Å². The molecule has 1 aromatic carbocycles. The number of alkyl halides is 3. The van der Waals surface area contributed by atoms with E-state index in [1.807, 2.05) is 0 Å². The summed E-state index contributed by atoms with van der Waals surface area (Å²) in [5.41, 5.74) is 3.39. The Morgan fingerprint density at radius 3 is 2.77 bits per heavy atom. The Kier molecular flexibility index (Phi) is 5.93. The molecule has 0 saturated heterocycles. The standard InChI is InChI=1S/C15H12F4N4O2S/c1-8(20)11(15(17,18)19)6-21-13(24)23-14-22-7-12(26-14)25-10-4-2-3-9(16)5-10/h2-7H,20H2,1H3,(H,22,23,24)/b11-8+,21-6+. The molecular formula is C15H12F4N4O2S. The van der Waals surface area contributed by atoms with Crippen molar-refractivity contribution in [2.75, 3.05) is 5.32 Å². The Balaban J connectivity index is 2.01. The predicted molar refractivity (Wildman–Crippen MR) is 89.0 cm³/mol. The number of nitrogens with one attached hydrogen (secondary N) is 1. The first kappa shape index (κ1) is 19.4. The monoisotopic (exact) mass is 388 g/mol. The van der Waals surface area contributed by atoms with Gasteiger partial charge in [-0.1, -0.05) is 17.4 Å². The Bertz CT molecular complexity index is 857. The zero-order valence-corrected chi connectivity index (χ0v) is 14.0. The Morgan fingerprint density at radius 2 is 2.15 bits per heavy atom. The molecule has 1 aromatic heterocycles. The summed E-state index contributed by atoms with van der Waals surface area (Å²) in [6.07, 6.45) is -3.13. The molecule has 2 rings (SSSR count). The van der Waals surface area contributed by atoms with E-state index in [1.54, 1.807) is 0 Å². The predicted octanol–water partition coefficient (Wildman–Crippen LogP) is 4.47. The van der Waals surface area contributed by atoms with Crippen molar-refractivity contribution in [2.24, 2.45) is 10.7 Å². The Morgan fingerprint density at radius 1 is 1.42 bits per heavy atom. The number of hydrogen-bond acceptors (Lipinski definition) is 5. The van der Waals surface area contributed by atoms with Crippen molar-refractivity contribution in [3.63, 3.8) is 0 Å². The zero-order valence-electron chi connectivity index (χ0n) is 13.2. The summed E-state index contributed by atoms with van der Waals surface area (Å²) in [5.74, 6) is -0.262. The third kappa shape index (κ3) is 5.55. The number of halogens is 4. The number of carbonyl (C=O) groups is 1. The van der Waals surface area contributed by atoms with Crippen LogP contribution in [0.1, 0.15) is 6.92 Å². The van der Waals surface area contributed by atoms with E-state index in [1.165, 1.54) is 24.4 Å². The number of aliphatic imine (C=N–C) groups is 1. The van der Waals surface area contributed by atoms with Gasteiger partial charge >= 0.3 is 12.2 Å². The van der Waals surface area contributed by atoms with Gasteiger partial charge in [0.25, 0.3) is 0 Å². The normalized spacial score (nSPS) is 12.8. The molecule has 0 spiro atoms. The van der Waals surface area contributed by atoms with Crippen LogP contribution in [0.2, 0.25) is 0 Å². The lowest BCUT2D eigenvalue weighted by atomic mass is 10.2. The lowest BCUT2D eigenvalue weighted by Gasteiger charge is -2.08. The molecule has 1 heterocycles. The van der Waals surface area contributed by atoms with Crippen molar-refractivity contribution >= 4 is 28.7 Å². The molecule has 3 N–H and O–H groups in total. The molecule has 2 amide bonds. The highest BCUT2D eigenvalue weighted by Gasteiger charge is 2.34. The molecular weight excluding hydrogens is 376 g/mol. The molecule has 0 unspecified atom stereocenters. The van der Waals surface area contributed by atoms with Gasteiger partial charge in [0, 0.05) is 18.0 Å². The molecule has 138 valence electrons. The number of ether oxygens (including phenoxy) is 1. The average molecular weight is 388 g/mol. The molecule has 6 nitrogen and oxygen atoms in total. The van der Waals surface area contributed by atoms with Crippen LogP contribution in [0.5, 0.6) is 10.8 Å². The SMILES string of the molecule is C/C(N)=C(/C=N/C(=O)Nc1ncc(Oc2cccc(F)c2)s1)C(F)(F)F. The molecule has 0 aliphatic carbocycles. The van der Waals surface area contributed by atoms with E-state index in [0.29, 0.717) is 6.21 Å². The molecule has 11 heteroatoms. The quantitative estimate of drug-likeness (QED) is 0.597. The summed E-state index contributed by atoms with van der Waals surface area (Å²) in [7, 11) is 0. The minimum Gasteiger partial charge on any atom is -0.445 e. The summed E-state index contributed by atoms with van der Waals surface area (Å²) in [4.78, 5) is 18.6. The van der Waals surface area contributed by atoms with Crippen molar-refractivity contribution in [2.45, 2.75) is 13.1 Å². The number of aromatic nitrogens is 1. The van der Waals surface area contributed by atoms with Crippen LogP contribution < -0.4 is 15.8 Å². The molecule has 0 atom stereocenters. The fourth-order valence-electron chi connectivity index (χ4n) is 1.66. The van der Waals surface area contributed by atoms with E-state index in [9.17, 15) is 22.4 Å². The number of hydrogen-bond donors (Lipinski definition) is 2. The van der Waals surface area contributed by atoms with Gasteiger partial charge in [0.05, 0.1) is 11.8 Å². The largest absolute Gasteiger partial charge is 0.445 e. The summed E-state index contributed by atoms with van der Waals surface area (Å²) in [6, 6.07) is 4.30. The molecule has 0 saturated carbocycles. The number of anilines is 1. The first-order chi connectivity index (χ1) is 12.1. The molecule has 0 fully saturated rings. The fraction of sp³-hybridized carbons (Fsp3) is 0.133.